The van der Waals surface area contributed by atoms with Gasteiger partial charge in [0.1, 0.15) is 0 Å². The monoisotopic (exact) mass is 151 g/mol. The molecule has 0 aromatic heterocycles. The van der Waals surface area contributed by atoms with E-state index in [1.807, 2.05) is 12.2 Å². The first-order chi connectivity index (χ1) is 5.29. The lowest BCUT2D eigenvalue weighted by Gasteiger charge is -2.14. The first kappa shape index (κ1) is 6.58. The van der Waals surface area contributed by atoms with Crippen LogP contribution in [0.25, 0.3) is 0 Å². The van der Waals surface area contributed by atoms with Crippen LogP contribution in [0, 0.1) is 11.8 Å². The van der Waals surface area contributed by atoms with Crippen molar-refractivity contribution < 1.29 is 9.59 Å². The molecule has 2 aliphatic rings. The molecule has 58 valence electrons. The molecule has 1 aliphatic carbocycles. The van der Waals surface area contributed by atoms with Gasteiger partial charge in [0.15, 0.2) is 0 Å². The number of imide groups is 1. The fraction of sp³-hybridized carbons (Fsp3) is 0.500. The minimum atomic E-state index is -0.170. The number of carbonyl (C=O) groups excluding carboxylic acids is 2. The second-order valence-corrected chi connectivity index (χ2v) is 2.99. The smallest absolute Gasteiger partial charge is 0.234 e. The highest BCUT2D eigenvalue weighted by Gasteiger charge is 2.40. The van der Waals surface area contributed by atoms with E-state index in [0.717, 1.165) is 12.8 Å². The first-order valence-corrected chi connectivity index (χ1v) is 3.80. The number of hydrogen-bond acceptors (Lipinski definition) is 2. The second-order valence-electron chi connectivity index (χ2n) is 2.99. The van der Waals surface area contributed by atoms with E-state index < -0.39 is 0 Å². The molecule has 0 unspecified atom stereocenters. The topological polar surface area (TPSA) is 46.2 Å². The predicted octanol–water partition coefficient (Wildman–Crippen LogP) is 0.225. The summed E-state index contributed by atoms with van der Waals surface area (Å²) in [6.07, 6.45) is 5.55. The van der Waals surface area contributed by atoms with Gasteiger partial charge in [-0.3, -0.25) is 14.9 Å². The fourth-order valence-corrected chi connectivity index (χ4v) is 1.69. The Morgan fingerprint density at radius 1 is 1.36 bits per heavy atom. The molecule has 2 amide bonds. The van der Waals surface area contributed by atoms with Gasteiger partial charge in [0, 0.05) is 0 Å². The zero-order valence-electron chi connectivity index (χ0n) is 6.04. The molecule has 1 heterocycles. The Labute approximate surface area is 64.5 Å². The Balaban J connectivity index is 2.30. The number of fused-ring (bicyclic) bond motifs is 1. The molecule has 3 heteroatoms. The standard InChI is InChI=1S/C8H9NO2/c10-7-5-3-1-2-4-6(5)8(11)9-7/h1,3,5-6H,2,4H2,(H,9,10,11)/t5-,6-/m1/s1. The van der Waals surface area contributed by atoms with E-state index in [-0.39, 0.29) is 23.7 Å². The van der Waals surface area contributed by atoms with Crippen molar-refractivity contribution >= 4 is 11.8 Å². The summed E-state index contributed by atoms with van der Waals surface area (Å²) in [6.45, 7) is 0. The summed E-state index contributed by atoms with van der Waals surface area (Å²) >= 11 is 0. The number of nitrogens with one attached hydrogen (secondary N) is 1. The third kappa shape index (κ3) is 0.878. The maximum absolute atomic E-state index is 11.1. The van der Waals surface area contributed by atoms with Crippen LogP contribution in [0.1, 0.15) is 12.8 Å². The van der Waals surface area contributed by atoms with Crippen molar-refractivity contribution in [2.75, 3.05) is 0 Å². The highest BCUT2D eigenvalue weighted by atomic mass is 16.2. The minimum Gasteiger partial charge on any atom is -0.296 e. The van der Waals surface area contributed by atoms with E-state index >= 15 is 0 Å². The lowest BCUT2D eigenvalue weighted by Crippen LogP contribution is -2.21. The predicted molar refractivity (Wildman–Crippen MR) is 38.5 cm³/mol. The second kappa shape index (κ2) is 2.19. The van der Waals surface area contributed by atoms with E-state index in [1.165, 1.54) is 0 Å². The Bertz CT molecular complexity index is 244. The molecule has 0 aromatic rings. The molecule has 2 rings (SSSR count). The summed E-state index contributed by atoms with van der Waals surface area (Å²) in [5.41, 5.74) is 0. The van der Waals surface area contributed by atoms with Gasteiger partial charge in [-0.1, -0.05) is 12.2 Å². The summed E-state index contributed by atoms with van der Waals surface area (Å²) in [5.74, 6) is -0.468. The van der Waals surface area contributed by atoms with Crippen LogP contribution in [0.2, 0.25) is 0 Å². The summed E-state index contributed by atoms with van der Waals surface area (Å²) in [7, 11) is 0. The zero-order chi connectivity index (χ0) is 7.84. The maximum Gasteiger partial charge on any atom is 0.234 e. The molecular formula is C8H9NO2. The summed E-state index contributed by atoms with van der Waals surface area (Å²) in [6, 6.07) is 0. The third-order valence-electron chi connectivity index (χ3n) is 2.31. The Morgan fingerprint density at radius 2 is 2.18 bits per heavy atom. The molecule has 1 aliphatic heterocycles. The van der Waals surface area contributed by atoms with Crippen molar-refractivity contribution in [1.29, 1.82) is 0 Å². The van der Waals surface area contributed by atoms with E-state index in [0.29, 0.717) is 0 Å². The molecule has 1 saturated heterocycles. The first-order valence-electron chi connectivity index (χ1n) is 3.80. The zero-order valence-corrected chi connectivity index (χ0v) is 6.04. The van der Waals surface area contributed by atoms with Gasteiger partial charge < -0.3 is 0 Å². The van der Waals surface area contributed by atoms with Gasteiger partial charge in [-0.15, -0.1) is 0 Å². The SMILES string of the molecule is O=C1NC(=O)[C@@H]2CCC=C[C@@H]12. The maximum atomic E-state index is 11.1. The van der Waals surface area contributed by atoms with Crippen molar-refractivity contribution in [1.82, 2.24) is 5.32 Å². The molecule has 1 N–H and O–H groups in total. The minimum absolute atomic E-state index is 0.0764. The van der Waals surface area contributed by atoms with Gasteiger partial charge in [-0.2, -0.15) is 0 Å². The average molecular weight is 151 g/mol. The lowest BCUT2D eigenvalue weighted by atomic mass is 9.86. The van der Waals surface area contributed by atoms with Gasteiger partial charge in [-0.25, -0.2) is 0 Å². The van der Waals surface area contributed by atoms with Crippen LogP contribution in [0.5, 0.6) is 0 Å². The lowest BCUT2D eigenvalue weighted by molar-refractivity contribution is -0.126. The summed E-state index contributed by atoms with van der Waals surface area (Å²) < 4.78 is 0. The van der Waals surface area contributed by atoms with Gasteiger partial charge in [0.2, 0.25) is 11.8 Å². The third-order valence-corrected chi connectivity index (χ3v) is 2.31. The van der Waals surface area contributed by atoms with Crippen LogP contribution in [0.4, 0.5) is 0 Å². The van der Waals surface area contributed by atoms with Crippen molar-refractivity contribution in [3.63, 3.8) is 0 Å². The van der Waals surface area contributed by atoms with Crippen LogP contribution in [-0.2, 0) is 9.59 Å². The molecule has 0 spiro atoms. The van der Waals surface area contributed by atoms with Gasteiger partial charge in [0.25, 0.3) is 0 Å². The quantitative estimate of drug-likeness (QED) is 0.398. The largest absolute Gasteiger partial charge is 0.296 e. The average Bonchev–Trinajstić information content (AvgIpc) is 2.30. The molecule has 3 nitrogen and oxygen atoms in total. The number of rotatable bonds is 0. The van der Waals surface area contributed by atoms with Crippen molar-refractivity contribution in [3.8, 4) is 0 Å². The molecule has 0 bridgehead atoms. The highest BCUT2D eigenvalue weighted by Crippen LogP contribution is 2.28. The van der Waals surface area contributed by atoms with Crippen LogP contribution in [0.3, 0.4) is 0 Å². The van der Waals surface area contributed by atoms with E-state index in [4.69, 9.17) is 0 Å². The van der Waals surface area contributed by atoms with E-state index in [2.05, 4.69) is 5.32 Å². The van der Waals surface area contributed by atoms with Crippen LogP contribution >= 0.6 is 0 Å². The van der Waals surface area contributed by atoms with Crippen LogP contribution in [-0.4, -0.2) is 11.8 Å². The molecule has 0 saturated carbocycles. The molecule has 2 atom stereocenters. The molecule has 11 heavy (non-hydrogen) atoms. The van der Waals surface area contributed by atoms with E-state index in [1.54, 1.807) is 0 Å². The van der Waals surface area contributed by atoms with Gasteiger partial charge in [-0.05, 0) is 12.8 Å². The number of hydrogen-bond donors (Lipinski definition) is 1. The highest BCUT2D eigenvalue weighted by molar-refractivity contribution is 6.06. The Hall–Kier alpha value is -1.12. The molecular weight excluding hydrogens is 142 g/mol. The van der Waals surface area contributed by atoms with Crippen molar-refractivity contribution in [3.05, 3.63) is 12.2 Å². The Morgan fingerprint density at radius 3 is 2.91 bits per heavy atom. The number of carbonyl (C=O) groups is 2. The number of amides is 2. The summed E-state index contributed by atoms with van der Waals surface area (Å²) in [5, 5.41) is 2.33. The molecule has 0 aromatic carbocycles. The molecule has 0 radical (unpaired) electrons. The Kier molecular flexibility index (Phi) is 1.31. The van der Waals surface area contributed by atoms with Crippen molar-refractivity contribution in [2.24, 2.45) is 11.8 Å². The normalized spacial score (nSPS) is 35.3. The van der Waals surface area contributed by atoms with Crippen LogP contribution < -0.4 is 5.32 Å². The summed E-state index contributed by atoms with van der Waals surface area (Å²) in [4.78, 5) is 22.1. The fourth-order valence-electron chi connectivity index (χ4n) is 1.69. The number of allylic oxidation sites excluding steroid dienone is 1. The van der Waals surface area contributed by atoms with E-state index in [9.17, 15) is 9.59 Å². The van der Waals surface area contributed by atoms with Gasteiger partial charge >= 0.3 is 0 Å². The van der Waals surface area contributed by atoms with Crippen molar-refractivity contribution in [2.45, 2.75) is 12.8 Å². The van der Waals surface area contributed by atoms with Crippen LogP contribution in [0.15, 0.2) is 12.2 Å². The molecule has 1 fully saturated rings. The van der Waals surface area contributed by atoms with Gasteiger partial charge in [0.05, 0.1) is 11.8 Å².